The zero-order valence-electron chi connectivity index (χ0n) is 12.4. The number of nitrogens with one attached hydrogen (secondary N) is 1. The molecule has 1 unspecified atom stereocenters. The molecule has 0 bridgehead atoms. The van der Waals surface area contributed by atoms with Crippen molar-refractivity contribution in [2.45, 2.75) is 39.9 Å². The number of nitrogens with two attached hydrogens (primary N) is 1. The fourth-order valence-electron chi connectivity index (χ4n) is 1.79. The minimum Gasteiger partial charge on any atom is -0.326 e. The van der Waals surface area contributed by atoms with Gasteiger partial charge in [-0.1, -0.05) is 20.8 Å². The largest absolute Gasteiger partial charge is 0.416 e. The van der Waals surface area contributed by atoms with E-state index in [2.05, 4.69) is 5.32 Å². The molecule has 0 heterocycles. The minimum atomic E-state index is -4.46. The predicted octanol–water partition coefficient (Wildman–Crippen LogP) is 3.78. The minimum absolute atomic E-state index is 0.0187. The van der Waals surface area contributed by atoms with Crippen LogP contribution in [0.5, 0.6) is 0 Å². The average molecular weight is 302 g/mol. The van der Waals surface area contributed by atoms with Crippen molar-refractivity contribution in [3.63, 3.8) is 0 Å². The SMILES string of the molecule is CC(C)C(C)CC(=O)Nc1cc(CN)cc(C(F)(F)F)c1. The smallest absolute Gasteiger partial charge is 0.326 e. The summed E-state index contributed by atoms with van der Waals surface area (Å²) in [6.45, 7) is 5.90. The molecule has 1 rings (SSSR count). The van der Waals surface area contributed by atoms with E-state index in [1.807, 2.05) is 20.8 Å². The van der Waals surface area contributed by atoms with Gasteiger partial charge in [-0.05, 0) is 35.6 Å². The summed E-state index contributed by atoms with van der Waals surface area (Å²) in [6, 6.07) is 3.39. The number of benzene rings is 1. The zero-order valence-corrected chi connectivity index (χ0v) is 12.4. The van der Waals surface area contributed by atoms with Crippen LogP contribution in [0.25, 0.3) is 0 Å². The first-order valence-electron chi connectivity index (χ1n) is 6.84. The van der Waals surface area contributed by atoms with Gasteiger partial charge in [0.2, 0.25) is 5.91 Å². The lowest BCUT2D eigenvalue weighted by atomic mass is 9.94. The van der Waals surface area contributed by atoms with Gasteiger partial charge < -0.3 is 11.1 Å². The van der Waals surface area contributed by atoms with E-state index in [9.17, 15) is 18.0 Å². The molecule has 1 aromatic rings. The van der Waals surface area contributed by atoms with Crippen molar-refractivity contribution in [2.24, 2.45) is 17.6 Å². The zero-order chi connectivity index (χ0) is 16.2. The molecule has 0 aliphatic rings. The highest BCUT2D eigenvalue weighted by atomic mass is 19.4. The summed E-state index contributed by atoms with van der Waals surface area (Å²) in [6.07, 6.45) is -4.19. The van der Waals surface area contributed by atoms with Gasteiger partial charge in [0, 0.05) is 18.7 Å². The second-order valence-electron chi connectivity index (χ2n) is 5.59. The molecule has 0 radical (unpaired) electrons. The van der Waals surface area contributed by atoms with E-state index >= 15 is 0 Å². The Bertz CT molecular complexity index is 498. The molecule has 1 amide bonds. The third-order valence-corrected chi connectivity index (χ3v) is 3.49. The molecule has 0 aliphatic carbocycles. The molecule has 3 nitrogen and oxygen atoms in total. The lowest BCUT2D eigenvalue weighted by Gasteiger charge is -2.16. The molecule has 21 heavy (non-hydrogen) atoms. The summed E-state index contributed by atoms with van der Waals surface area (Å²) in [7, 11) is 0. The van der Waals surface area contributed by atoms with Crippen LogP contribution in [0.2, 0.25) is 0 Å². The van der Waals surface area contributed by atoms with Crippen LogP contribution >= 0.6 is 0 Å². The molecule has 118 valence electrons. The van der Waals surface area contributed by atoms with Crippen LogP contribution in [-0.4, -0.2) is 5.91 Å². The Morgan fingerprint density at radius 2 is 1.86 bits per heavy atom. The Morgan fingerprint density at radius 1 is 1.24 bits per heavy atom. The normalized spacial score (nSPS) is 13.3. The number of alkyl halides is 3. The molecule has 0 saturated heterocycles. The van der Waals surface area contributed by atoms with E-state index in [-0.39, 0.29) is 30.5 Å². The molecule has 3 N–H and O–H groups in total. The number of carbonyl (C=O) groups excluding carboxylic acids is 1. The van der Waals surface area contributed by atoms with Gasteiger partial charge in [-0.15, -0.1) is 0 Å². The second kappa shape index (κ2) is 6.93. The van der Waals surface area contributed by atoms with Gasteiger partial charge in [0.05, 0.1) is 5.56 Å². The van der Waals surface area contributed by atoms with Crippen LogP contribution in [0.15, 0.2) is 18.2 Å². The number of hydrogen-bond acceptors (Lipinski definition) is 2. The first-order chi connectivity index (χ1) is 9.63. The molecule has 6 heteroatoms. The van der Waals surface area contributed by atoms with Crippen molar-refractivity contribution in [1.29, 1.82) is 0 Å². The summed E-state index contributed by atoms with van der Waals surface area (Å²) in [5, 5.41) is 2.52. The van der Waals surface area contributed by atoms with Crippen LogP contribution in [0, 0.1) is 11.8 Å². The molecule has 0 aromatic heterocycles. The summed E-state index contributed by atoms with van der Waals surface area (Å²) in [5.74, 6) is 0.195. The number of halogens is 3. The van der Waals surface area contributed by atoms with E-state index < -0.39 is 11.7 Å². The van der Waals surface area contributed by atoms with E-state index in [0.29, 0.717) is 11.5 Å². The van der Waals surface area contributed by atoms with Crippen LogP contribution in [-0.2, 0) is 17.5 Å². The topological polar surface area (TPSA) is 55.1 Å². The summed E-state index contributed by atoms with van der Waals surface area (Å²) in [4.78, 5) is 11.9. The highest BCUT2D eigenvalue weighted by Crippen LogP contribution is 2.32. The van der Waals surface area contributed by atoms with Gasteiger partial charge in [-0.2, -0.15) is 13.2 Å². The first-order valence-corrected chi connectivity index (χ1v) is 6.84. The molecular weight excluding hydrogens is 281 g/mol. The van der Waals surface area contributed by atoms with Crippen molar-refractivity contribution in [3.8, 4) is 0 Å². The quantitative estimate of drug-likeness (QED) is 0.869. The maximum absolute atomic E-state index is 12.8. The molecule has 0 saturated carbocycles. The van der Waals surface area contributed by atoms with Gasteiger partial charge in [-0.3, -0.25) is 4.79 Å². The summed E-state index contributed by atoms with van der Waals surface area (Å²) < 4.78 is 38.4. The van der Waals surface area contributed by atoms with E-state index in [4.69, 9.17) is 5.73 Å². The maximum atomic E-state index is 12.8. The van der Waals surface area contributed by atoms with Crippen LogP contribution in [0.1, 0.15) is 38.3 Å². The van der Waals surface area contributed by atoms with Gasteiger partial charge in [0.25, 0.3) is 0 Å². The Balaban J connectivity index is 2.90. The molecular formula is C15H21F3N2O. The monoisotopic (exact) mass is 302 g/mol. The van der Waals surface area contributed by atoms with Gasteiger partial charge in [0.15, 0.2) is 0 Å². The Kier molecular flexibility index (Phi) is 5.78. The molecule has 1 atom stereocenters. The van der Waals surface area contributed by atoms with Gasteiger partial charge in [0.1, 0.15) is 0 Å². The van der Waals surface area contributed by atoms with Crippen LogP contribution in [0.3, 0.4) is 0 Å². The van der Waals surface area contributed by atoms with Gasteiger partial charge in [-0.25, -0.2) is 0 Å². The number of carbonyl (C=O) groups is 1. The number of hydrogen-bond donors (Lipinski definition) is 2. The number of anilines is 1. The maximum Gasteiger partial charge on any atom is 0.416 e. The van der Waals surface area contributed by atoms with E-state index in [1.165, 1.54) is 6.07 Å². The van der Waals surface area contributed by atoms with E-state index in [0.717, 1.165) is 12.1 Å². The Hall–Kier alpha value is -1.56. The highest BCUT2D eigenvalue weighted by molar-refractivity contribution is 5.91. The molecule has 0 spiro atoms. The molecule has 0 fully saturated rings. The summed E-state index contributed by atoms with van der Waals surface area (Å²) >= 11 is 0. The van der Waals surface area contributed by atoms with Crippen molar-refractivity contribution < 1.29 is 18.0 Å². The average Bonchev–Trinajstić information content (AvgIpc) is 2.36. The fourth-order valence-corrected chi connectivity index (χ4v) is 1.79. The highest BCUT2D eigenvalue weighted by Gasteiger charge is 2.31. The molecule has 0 aliphatic heterocycles. The van der Waals surface area contributed by atoms with Crippen molar-refractivity contribution >= 4 is 11.6 Å². The number of amides is 1. The first kappa shape index (κ1) is 17.5. The van der Waals surface area contributed by atoms with E-state index in [1.54, 1.807) is 0 Å². The Morgan fingerprint density at radius 3 is 2.33 bits per heavy atom. The van der Waals surface area contributed by atoms with Crippen molar-refractivity contribution in [3.05, 3.63) is 29.3 Å². The second-order valence-corrected chi connectivity index (χ2v) is 5.59. The third kappa shape index (κ3) is 5.38. The predicted molar refractivity (Wildman–Crippen MR) is 76.6 cm³/mol. The lowest BCUT2D eigenvalue weighted by Crippen LogP contribution is -2.18. The molecule has 1 aromatic carbocycles. The summed E-state index contributed by atoms with van der Waals surface area (Å²) in [5.41, 5.74) is 5.06. The lowest BCUT2D eigenvalue weighted by molar-refractivity contribution is -0.137. The fraction of sp³-hybridized carbons (Fsp3) is 0.533. The number of rotatable bonds is 5. The Labute approximate surface area is 122 Å². The van der Waals surface area contributed by atoms with Crippen LogP contribution < -0.4 is 11.1 Å². The standard InChI is InChI=1S/C15H21F3N2O/c1-9(2)10(3)4-14(21)20-13-6-11(8-19)5-12(7-13)15(16,17)18/h5-7,9-10H,4,8,19H2,1-3H3,(H,20,21). The van der Waals surface area contributed by atoms with Gasteiger partial charge >= 0.3 is 6.18 Å². The third-order valence-electron chi connectivity index (χ3n) is 3.49. The van der Waals surface area contributed by atoms with Crippen molar-refractivity contribution in [1.82, 2.24) is 0 Å². The van der Waals surface area contributed by atoms with Crippen LogP contribution in [0.4, 0.5) is 18.9 Å². The van der Waals surface area contributed by atoms with Crippen molar-refractivity contribution in [2.75, 3.05) is 5.32 Å².